The molecule has 1 spiro atoms. The van der Waals surface area contributed by atoms with Gasteiger partial charge in [0.15, 0.2) is 0 Å². The summed E-state index contributed by atoms with van der Waals surface area (Å²) in [4.78, 5) is 14.1. The Morgan fingerprint density at radius 3 is 2.20 bits per heavy atom. The molecule has 1 N–H and O–H groups in total. The third-order valence-electron chi connectivity index (χ3n) is 6.29. The highest BCUT2D eigenvalue weighted by atomic mass is 16.4. The van der Waals surface area contributed by atoms with E-state index < -0.39 is 5.97 Å². The van der Waals surface area contributed by atoms with Gasteiger partial charge in [-0.25, -0.2) is 0 Å². The minimum Gasteiger partial charge on any atom is -0.481 e. The molecule has 20 heavy (non-hydrogen) atoms. The maximum absolute atomic E-state index is 11.6. The lowest BCUT2D eigenvalue weighted by molar-refractivity contribution is -0.145. The highest BCUT2D eigenvalue weighted by Crippen LogP contribution is 2.47. The van der Waals surface area contributed by atoms with Gasteiger partial charge in [0.05, 0.1) is 5.92 Å². The molecule has 0 radical (unpaired) electrons. The SMILES string of the molecule is O=C(O)C1CCCCCC1N1CCC2(CCCC2)CC1. The highest BCUT2D eigenvalue weighted by Gasteiger charge is 2.41. The van der Waals surface area contributed by atoms with Crippen molar-refractivity contribution in [3.63, 3.8) is 0 Å². The molecule has 3 heteroatoms. The van der Waals surface area contributed by atoms with Crippen LogP contribution in [0.1, 0.15) is 70.6 Å². The number of hydrogen-bond donors (Lipinski definition) is 1. The van der Waals surface area contributed by atoms with Crippen molar-refractivity contribution < 1.29 is 9.90 Å². The van der Waals surface area contributed by atoms with E-state index in [0.29, 0.717) is 11.5 Å². The van der Waals surface area contributed by atoms with E-state index in [4.69, 9.17) is 0 Å². The first-order chi connectivity index (χ1) is 9.70. The van der Waals surface area contributed by atoms with Gasteiger partial charge in [-0.2, -0.15) is 0 Å². The van der Waals surface area contributed by atoms with Crippen molar-refractivity contribution >= 4 is 5.97 Å². The van der Waals surface area contributed by atoms with E-state index in [9.17, 15) is 9.90 Å². The molecule has 0 amide bonds. The van der Waals surface area contributed by atoms with E-state index in [1.165, 1.54) is 51.4 Å². The highest BCUT2D eigenvalue weighted by molar-refractivity contribution is 5.70. The average molecular weight is 279 g/mol. The predicted molar refractivity (Wildman–Crippen MR) is 79.7 cm³/mol. The van der Waals surface area contributed by atoms with Gasteiger partial charge in [0.25, 0.3) is 0 Å². The van der Waals surface area contributed by atoms with Crippen molar-refractivity contribution in [1.29, 1.82) is 0 Å². The summed E-state index contributed by atoms with van der Waals surface area (Å²) >= 11 is 0. The van der Waals surface area contributed by atoms with E-state index in [2.05, 4.69) is 4.90 Å². The smallest absolute Gasteiger partial charge is 0.308 e. The summed E-state index contributed by atoms with van der Waals surface area (Å²) in [6.07, 6.45) is 13.8. The summed E-state index contributed by atoms with van der Waals surface area (Å²) in [6.45, 7) is 2.29. The summed E-state index contributed by atoms with van der Waals surface area (Å²) in [5, 5.41) is 9.54. The van der Waals surface area contributed by atoms with Crippen molar-refractivity contribution in [1.82, 2.24) is 4.90 Å². The van der Waals surface area contributed by atoms with Gasteiger partial charge in [0.2, 0.25) is 0 Å². The summed E-state index contributed by atoms with van der Waals surface area (Å²) in [5.41, 5.74) is 0.639. The van der Waals surface area contributed by atoms with E-state index in [1.54, 1.807) is 0 Å². The van der Waals surface area contributed by atoms with Crippen LogP contribution >= 0.6 is 0 Å². The van der Waals surface area contributed by atoms with Crippen molar-refractivity contribution in [3.8, 4) is 0 Å². The van der Waals surface area contributed by atoms with Gasteiger partial charge in [-0.1, -0.05) is 32.1 Å². The lowest BCUT2D eigenvalue weighted by Gasteiger charge is -2.44. The Balaban J connectivity index is 1.64. The first kappa shape index (κ1) is 14.4. The number of carbonyl (C=O) groups is 1. The Labute approximate surface area is 122 Å². The molecule has 1 aliphatic heterocycles. The fourth-order valence-corrected chi connectivity index (χ4v) is 4.97. The molecular weight excluding hydrogens is 250 g/mol. The molecule has 0 aromatic rings. The van der Waals surface area contributed by atoms with Gasteiger partial charge in [-0.05, 0) is 57.0 Å². The van der Waals surface area contributed by atoms with Crippen LogP contribution in [-0.2, 0) is 4.79 Å². The second-order valence-electron chi connectivity index (χ2n) is 7.39. The van der Waals surface area contributed by atoms with Gasteiger partial charge in [0.1, 0.15) is 0 Å². The fraction of sp³-hybridized carbons (Fsp3) is 0.941. The molecule has 3 nitrogen and oxygen atoms in total. The van der Waals surface area contributed by atoms with Crippen LogP contribution in [0.2, 0.25) is 0 Å². The zero-order valence-electron chi connectivity index (χ0n) is 12.6. The maximum atomic E-state index is 11.6. The fourth-order valence-electron chi connectivity index (χ4n) is 4.97. The average Bonchev–Trinajstić information content (AvgIpc) is 2.75. The Morgan fingerprint density at radius 1 is 0.900 bits per heavy atom. The number of likely N-dealkylation sites (tertiary alicyclic amines) is 1. The molecule has 3 aliphatic rings. The Bertz CT molecular complexity index is 339. The van der Waals surface area contributed by atoms with Gasteiger partial charge in [-0.15, -0.1) is 0 Å². The van der Waals surface area contributed by atoms with Crippen molar-refractivity contribution in [2.75, 3.05) is 13.1 Å². The molecule has 3 rings (SSSR count). The van der Waals surface area contributed by atoms with E-state index in [0.717, 1.165) is 32.4 Å². The lowest BCUT2D eigenvalue weighted by Crippen LogP contribution is -2.48. The van der Waals surface area contributed by atoms with Crippen LogP contribution in [-0.4, -0.2) is 35.1 Å². The number of rotatable bonds is 2. The van der Waals surface area contributed by atoms with Crippen LogP contribution < -0.4 is 0 Å². The van der Waals surface area contributed by atoms with Crippen LogP contribution in [0.4, 0.5) is 0 Å². The first-order valence-electron chi connectivity index (χ1n) is 8.67. The molecular formula is C17H29NO2. The van der Waals surface area contributed by atoms with Gasteiger partial charge in [-0.3, -0.25) is 9.69 Å². The first-order valence-corrected chi connectivity index (χ1v) is 8.67. The largest absolute Gasteiger partial charge is 0.481 e. The second kappa shape index (κ2) is 6.05. The van der Waals surface area contributed by atoms with Crippen LogP contribution in [0.25, 0.3) is 0 Å². The van der Waals surface area contributed by atoms with Gasteiger partial charge in [0, 0.05) is 6.04 Å². The minimum absolute atomic E-state index is 0.116. The number of nitrogens with zero attached hydrogens (tertiary/aromatic N) is 1. The molecule has 1 heterocycles. The molecule has 3 fully saturated rings. The molecule has 2 saturated carbocycles. The third-order valence-corrected chi connectivity index (χ3v) is 6.29. The zero-order valence-corrected chi connectivity index (χ0v) is 12.6. The van der Waals surface area contributed by atoms with Gasteiger partial charge < -0.3 is 5.11 Å². The van der Waals surface area contributed by atoms with Gasteiger partial charge >= 0.3 is 5.97 Å². The molecule has 0 bridgehead atoms. The Hall–Kier alpha value is -0.570. The van der Waals surface area contributed by atoms with E-state index in [1.807, 2.05) is 0 Å². The number of carboxylic acids is 1. The second-order valence-corrected chi connectivity index (χ2v) is 7.39. The summed E-state index contributed by atoms with van der Waals surface area (Å²) in [7, 11) is 0. The zero-order chi connectivity index (χ0) is 14.0. The molecule has 2 unspecified atom stereocenters. The normalized spacial score (nSPS) is 35.0. The summed E-state index contributed by atoms with van der Waals surface area (Å²) < 4.78 is 0. The van der Waals surface area contributed by atoms with Crippen molar-refractivity contribution in [3.05, 3.63) is 0 Å². The van der Waals surface area contributed by atoms with Crippen molar-refractivity contribution in [2.45, 2.75) is 76.7 Å². The molecule has 2 atom stereocenters. The Morgan fingerprint density at radius 2 is 1.55 bits per heavy atom. The standard InChI is InChI=1S/C17H29NO2/c19-16(20)14-6-2-1-3-7-15(14)18-12-10-17(11-13-18)8-4-5-9-17/h14-15H,1-13H2,(H,19,20). The molecule has 114 valence electrons. The summed E-state index contributed by atoms with van der Waals surface area (Å²) in [6, 6.07) is 0.314. The Kier molecular flexibility index (Phi) is 4.34. The van der Waals surface area contributed by atoms with Crippen LogP contribution in [0.15, 0.2) is 0 Å². The summed E-state index contributed by atoms with van der Waals surface area (Å²) in [5.74, 6) is -0.673. The monoisotopic (exact) mass is 279 g/mol. The quantitative estimate of drug-likeness (QED) is 0.784. The lowest BCUT2D eigenvalue weighted by atomic mass is 9.76. The molecule has 0 aromatic carbocycles. The topological polar surface area (TPSA) is 40.5 Å². The third kappa shape index (κ3) is 2.88. The van der Waals surface area contributed by atoms with E-state index >= 15 is 0 Å². The van der Waals surface area contributed by atoms with E-state index in [-0.39, 0.29) is 5.92 Å². The van der Waals surface area contributed by atoms with Crippen molar-refractivity contribution in [2.24, 2.45) is 11.3 Å². The number of aliphatic carboxylic acids is 1. The van der Waals surface area contributed by atoms with Crippen LogP contribution in [0.3, 0.4) is 0 Å². The number of piperidine rings is 1. The molecule has 1 saturated heterocycles. The number of carboxylic acid groups (broad SMARTS) is 1. The molecule has 0 aromatic heterocycles. The van der Waals surface area contributed by atoms with Crippen LogP contribution in [0.5, 0.6) is 0 Å². The minimum atomic E-state index is -0.557. The molecule has 2 aliphatic carbocycles. The predicted octanol–water partition coefficient (Wildman–Crippen LogP) is 3.68. The maximum Gasteiger partial charge on any atom is 0.308 e. The van der Waals surface area contributed by atoms with Crippen LogP contribution in [0, 0.1) is 11.3 Å². The number of hydrogen-bond acceptors (Lipinski definition) is 2.